The van der Waals surface area contributed by atoms with Crippen LogP contribution in [0.25, 0.3) is 0 Å². The van der Waals surface area contributed by atoms with E-state index in [4.69, 9.17) is 5.73 Å². The molecule has 3 N–H and O–H groups in total. The van der Waals surface area contributed by atoms with Crippen molar-refractivity contribution in [2.24, 2.45) is 5.73 Å². The highest BCUT2D eigenvalue weighted by Gasteiger charge is 2.24. The molecular weight excluding hydrogens is 208 g/mol. The Morgan fingerprint density at radius 2 is 1.47 bits per heavy atom. The monoisotopic (exact) mass is 226 g/mol. The molecule has 0 aliphatic rings. The minimum absolute atomic E-state index is 0.234. The van der Waals surface area contributed by atoms with E-state index in [1.54, 1.807) is 0 Å². The third-order valence-electron chi connectivity index (χ3n) is 3.01. The van der Waals surface area contributed by atoms with Crippen molar-refractivity contribution in [1.82, 2.24) is 0 Å². The first kappa shape index (κ1) is 11.7. The van der Waals surface area contributed by atoms with Gasteiger partial charge in [-0.3, -0.25) is 0 Å². The SMILES string of the molecule is CC(CN)(Nc1ccccc1)c1ccccc1. The lowest BCUT2D eigenvalue weighted by Gasteiger charge is -2.31. The molecule has 0 aromatic heterocycles. The van der Waals surface area contributed by atoms with Crippen LogP contribution in [0.2, 0.25) is 0 Å². The lowest BCUT2D eigenvalue weighted by atomic mass is 9.92. The number of benzene rings is 2. The van der Waals surface area contributed by atoms with E-state index in [1.807, 2.05) is 36.4 Å². The molecule has 0 spiro atoms. The molecule has 0 aliphatic carbocycles. The molecule has 0 fully saturated rings. The highest BCUT2D eigenvalue weighted by molar-refractivity contribution is 5.47. The van der Waals surface area contributed by atoms with E-state index in [0.29, 0.717) is 6.54 Å². The first-order valence-electron chi connectivity index (χ1n) is 5.83. The lowest BCUT2D eigenvalue weighted by Crippen LogP contribution is -2.39. The first-order chi connectivity index (χ1) is 8.24. The van der Waals surface area contributed by atoms with Gasteiger partial charge < -0.3 is 11.1 Å². The van der Waals surface area contributed by atoms with Gasteiger partial charge in [0.2, 0.25) is 0 Å². The van der Waals surface area contributed by atoms with Gasteiger partial charge in [0, 0.05) is 12.2 Å². The Bertz CT molecular complexity index is 453. The van der Waals surface area contributed by atoms with Gasteiger partial charge in [-0.15, -0.1) is 0 Å². The summed E-state index contributed by atoms with van der Waals surface area (Å²) in [6.07, 6.45) is 0. The molecule has 17 heavy (non-hydrogen) atoms. The summed E-state index contributed by atoms with van der Waals surface area (Å²) in [6.45, 7) is 2.67. The predicted molar refractivity (Wildman–Crippen MR) is 72.9 cm³/mol. The number of rotatable bonds is 4. The number of nitrogens with two attached hydrogens (primary N) is 1. The second kappa shape index (κ2) is 5.02. The van der Waals surface area contributed by atoms with Crippen LogP contribution >= 0.6 is 0 Å². The van der Waals surface area contributed by atoms with Crippen LogP contribution in [-0.4, -0.2) is 6.54 Å². The van der Waals surface area contributed by atoms with Gasteiger partial charge in [0.25, 0.3) is 0 Å². The van der Waals surface area contributed by atoms with Gasteiger partial charge in [-0.1, -0.05) is 48.5 Å². The number of hydrogen-bond donors (Lipinski definition) is 2. The second-order valence-corrected chi connectivity index (χ2v) is 4.39. The van der Waals surface area contributed by atoms with Gasteiger partial charge >= 0.3 is 0 Å². The van der Waals surface area contributed by atoms with Crippen LogP contribution in [0.5, 0.6) is 0 Å². The maximum Gasteiger partial charge on any atom is 0.0719 e. The fraction of sp³-hybridized carbons (Fsp3) is 0.200. The summed E-state index contributed by atoms with van der Waals surface area (Å²) in [5.41, 5.74) is 7.98. The Labute approximate surface area is 102 Å². The van der Waals surface area contributed by atoms with E-state index in [0.717, 1.165) is 5.69 Å². The Morgan fingerprint density at radius 1 is 0.941 bits per heavy atom. The lowest BCUT2D eigenvalue weighted by molar-refractivity contribution is 0.556. The van der Waals surface area contributed by atoms with Crippen LogP contribution in [0, 0.1) is 0 Å². The molecule has 0 saturated heterocycles. The van der Waals surface area contributed by atoms with Crippen LogP contribution < -0.4 is 11.1 Å². The normalized spacial score (nSPS) is 14.0. The van der Waals surface area contributed by atoms with E-state index in [1.165, 1.54) is 5.56 Å². The molecule has 0 bridgehead atoms. The minimum Gasteiger partial charge on any atom is -0.375 e. The number of anilines is 1. The molecule has 2 nitrogen and oxygen atoms in total. The Balaban J connectivity index is 2.27. The van der Waals surface area contributed by atoms with E-state index in [9.17, 15) is 0 Å². The summed E-state index contributed by atoms with van der Waals surface area (Å²) in [4.78, 5) is 0. The minimum atomic E-state index is -0.234. The van der Waals surface area contributed by atoms with Gasteiger partial charge in [0.1, 0.15) is 0 Å². The van der Waals surface area contributed by atoms with Gasteiger partial charge in [0.15, 0.2) is 0 Å². The fourth-order valence-electron chi connectivity index (χ4n) is 1.89. The molecule has 2 heteroatoms. The van der Waals surface area contributed by atoms with E-state index >= 15 is 0 Å². The van der Waals surface area contributed by atoms with Crippen molar-refractivity contribution >= 4 is 5.69 Å². The molecule has 0 aliphatic heterocycles. The highest BCUT2D eigenvalue weighted by Crippen LogP contribution is 2.24. The molecule has 0 radical (unpaired) electrons. The molecule has 0 heterocycles. The molecular formula is C15H18N2. The van der Waals surface area contributed by atoms with Crippen molar-refractivity contribution in [1.29, 1.82) is 0 Å². The van der Waals surface area contributed by atoms with Crippen LogP contribution in [0.1, 0.15) is 12.5 Å². The average molecular weight is 226 g/mol. The summed E-state index contributed by atoms with van der Waals surface area (Å²) in [7, 11) is 0. The zero-order valence-electron chi connectivity index (χ0n) is 10.1. The van der Waals surface area contributed by atoms with Crippen molar-refractivity contribution in [3.05, 3.63) is 66.2 Å². The van der Waals surface area contributed by atoms with E-state index < -0.39 is 0 Å². The maximum absolute atomic E-state index is 5.92. The van der Waals surface area contributed by atoms with Crippen LogP contribution in [0.3, 0.4) is 0 Å². The van der Waals surface area contributed by atoms with Gasteiger partial charge in [-0.05, 0) is 24.6 Å². The van der Waals surface area contributed by atoms with Crippen LogP contribution in [0.15, 0.2) is 60.7 Å². The topological polar surface area (TPSA) is 38.0 Å². The Morgan fingerprint density at radius 3 is 2.00 bits per heavy atom. The number of nitrogens with one attached hydrogen (secondary N) is 1. The second-order valence-electron chi connectivity index (χ2n) is 4.39. The summed E-state index contributed by atoms with van der Waals surface area (Å²) in [5.74, 6) is 0. The zero-order chi connectivity index (χ0) is 12.1. The quantitative estimate of drug-likeness (QED) is 0.841. The first-order valence-corrected chi connectivity index (χ1v) is 5.83. The summed E-state index contributed by atoms with van der Waals surface area (Å²) >= 11 is 0. The van der Waals surface area contributed by atoms with Crippen molar-refractivity contribution < 1.29 is 0 Å². The predicted octanol–water partition coefficient (Wildman–Crippen LogP) is 2.97. The molecule has 2 aromatic carbocycles. The largest absolute Gasteiger partial charge is 0.375 e. The highest BCUT2D eigenvalue weighted by atomic mass is 15.0. The summed E-state index contributed by atoms with van der Waals surface area (Å²) in [5, 5.41) is 3.50. The molecule has 0 amide bonds. The molecule has 2 aromatic rings. The molecule has 1 unspecified atom stereocenters. The van der Waals surface area contributed by atoms with Crippen LogP contribution in [0.4, 0.5) is 5.69 Å². The van der Waals surface area contributed by atoms with E-state index in [-0.39, 0.29) is 5.54 Å². The van der Waals surface area contributed by atoms with Gasteiger partial charge in [-0.25, -0.2) is 0 Å². The third-order valence-corrected chi connectivity index (χ3v) is 3.01. The smallest absolute Gasteiger partial charge is 0.0719 e. The summed E-state index contributed by atoms with van der Waals surface area (Å²) in [6, 6.07) is 20.4. The fourth-order valence-corrected chi connectivity index (χ4v) is 1.89. The molecule has 1 atom stereocenters. The van der Waals surface area contributed by atoms with Crippen molar-refractivity contribution in [3.63, 3.8) is 0 Å². The standard InChI is InChI=1S/C15H18N2/c1-15(12-16,13-8-4-2-5-9-13)17-14-10-6-3-7-11-14/h2-11,17H,12,16H2,1H3. The molecule has 2 rings (SSSR count). The third kappa shape index (κ3) is 2.66. The number of hydrogen-bond acceptors (Lipinski definition) is 2. The summed E-state index contributed by atoms with van der Waals surface area (Å²) < 4.78 is 0. The van der Waals surface area contributed by atoms with Crippen molar-refractivity contribution in [3.8, 4) is 0 Å². The zero-order valence-corrected chi connectivity index (χ0v) is 10.1. The van der Waals surface area contributed by atoms with Gasteiger partial charge in [-0.2, -0.15) is 0 Å². The molecule has 0 saturated carbocycles. The maximum atomic E-state index is 5.92. The van der Waals surface area contributed by atoms with Crippen LogP contribution in [-0.2, 0) is 5.54 Å². The van der Waals surface area contributed by atoms with E-state index in [2.05, 4.69) is 36.5 Å². The average Bonchev–Trinajstić information content (AvgIpc) is 2.41. The van der Waals surface area contributed by atoms with Gasteiger partial charge in [0.05, 0.1) is 5.54 Å². The molecule has 88 valence electrons. The number of para-hydroxylation sites is 1. The Hall–Kier alpha value is -1.80. The van der Waals surface area contributed by atoms with Crippen molar-refractivity contribution in [2.75, 3.05) is 11.9 Å². The van der Waals surface area contributed by atoms with Crippen molar-refractivity contribution in [2.45, 2.75) is 12.5 Å². The Kier molecular flexibility index (Phi) is 3.45.